The molecule has 20 heavy (non-hydrogen) atoms. The first-order valence-corrected chi connectivity index (χ1v) is 6.55. The van der Waals surface area contributed by atoms with E-state index in [1.165, 1.54) is 0 Å². The fraction of sp³-hybridized carbons (Fsp3) is 0.333. The van der Waals surface area contributed by atoms with Gasteiger partial charge in [-0.15, -0.1) is 0 Å². The van der Waals surface area contributed by atoms with Gasteiger partial charge in [0.25, 0.3) is 5.56 Å². The normalized spacial score (nSPS) is 10.6. The Morgan fingerprint density at radius 2 is 2.20 bits per heavy atom. The first-order chi connectivity index (χ1) is 9.61. The van der Waals surface area contributed by atoms with Gasteiger partial charge in [-0.2, -0.15) is 0 Å². The van der Waals surface area contributed by atoms with E-state index in [0.29, 0.717) is 12.4 Å². The first-order valence-electron chi connectivity index (χ1n) is 6.55. The Kier molecular flexibility index (Phi) is 4.40. The molecule has 5 heteroatoms. The van der Waals surface area contributed by atoms with Crippen molar-refractivity contribution in [2.24, 2.45) is 0 Å². The number of benzene rings is 1. The van der Waals surface area contributed by atoms with Crippen LogP contribution in [-0.4, -0.2) is 16.7 Å². The lowest BCUT2D eigenvalue weighted by Gasteiger charge is -2.12. The lowest BCUT2D eigenvalue weighted by Crippen LogP contribution is -2.25. The van der Waals surface area contributed by atoms with Crippen molar-refractivity contribution in [1.82, 2.24) is 9.55 Å². The lowest BCUT2D eigenvalue weighted by atomic mass is 10.2. The third-order valence-electron chi connectivity index (χ3n) is 3.02. The predicted octanol–water partition coefficient (Wildman–Crippen LogP) is 2.44. The Morgan fingerprint density at radius 1 is 1.40 bits per heavy atom. The summed E-state index contributed by atoms with van der Waals surface area (Å²) in [5.74, 6) is 1.16. The van der Waals surface area contributed by atoms with Gasteiger partial charge in [0.2, 0.25) is 0 Å². The second-order valence-corrected chi connectivity index (χ2v) is 4.79. The number of hydrogen-bond acceptors (Lipinski definition) is 4. The van der Waals surface area contributed by atoms with Crippen LogP contribution in [0.15, 0.2) is 41.5 Å². The molecular weight excluding hydrogens is 254 g/mol. The van der Waals surface area contributed by atoms with E-state index in [1.807, 2.05) is 38.1 Å². The van der Waals surface area contributed by atoms with Gasteiger partial charge in [0, 0.05) is 25.0 Å². The van der Waals surface area contributed by atoms with E-state index in [-0.39, 0.29) is 11.6 Å². The van der Waals surface area contributed by atoms with Crippen molar-refractivity contribution in [2.45, 2.75) is 26.4 Å². The molecule has 0 saturated heterocycles. The smallest absolute Gasteiger partial charge is 0.293 e. The van der Waals surface area contributed by atoms with Crippen LogP contribution >= 0.6 is 0 Å². The molecule has 0 saturated carbocycles. The van der Waals surface area contributed by atoms with Crippen LogP contribution in [0.5, 0.6) is 5.75 Å². The number of anilines is 1. The van der Waals surface area contributed by atoms with E-state index >= 15 is 0 Å². The average molecular weight is 273 g/mol. The van der Waals surface area contributed by atoms with Crippen LogP contribution in [0.25, 0.3) is 0 Å². The molecule has 0 fully saturated rings. The molecule has 1 aromatic heterocycles. The molecule has 0 atom stereocenters. The third kappa shape index (κ3) is 3.17. The Bertz CT molecular complexity index is 635. The summed E-state index contributed by atoms with van der Waals surface area (Å²) in [5.41, 5.74) is 0.927. The van der Waals surface area contributed by atoms with Gasteiger partial charge in [-0.3, -0.25) is 4.79 Å². The van der Waals surface area contributed by atoms with Gasteiger partial charge in [-0.25, -0.2) is 4.98 Å². The zero-order valence-corrected chi connectivity index (χ0v) is 12.0. The predicted molar refractivity (Wildman–Crippen MR) is 79.2 cm³/mol. The Labute approximate surface area is 118 Å². The zero-order chi connectivity index (χ0) is 14.5. The highest BCUT2D eigenvalue weighted by Crippen LogP contribution is 2.13. The minimum atomic E-state index is -0.106. The van der Waals surface area contributed by atoms with Crippen LogP contribution < -0.4 is 15.6 Å². The monoisotopic (exact) mass is 273 g/mol. The molecule has 2 aromatic rings. The van der Waals surface area contributed by atoms with Gasteiger partial charge in [-0.05, 0) is 31.5 Å². The second kappa shape index (κ2) is 6.23. The number of aromatic nitrogens is 2. The van der Waals surface area contributed by atoms with Gasteiger partial charge in [0.15, 0.2) is 5.82 Å². The molecule has 0 spiro atoms. The lowest BCUT2D eigenvalue weighted by molar-refractivity contribution is 0.414. The van der Waals surface area contributed by atoms with Gasteiger partial charge < -0.3 is 14.6 Å². The quantitative estimate of drug-likeness (QED) is 0.909. The van der Waals surface area contributed by atoms with E-state index in [0.717, 1.165) is 11.3 Å². The summed E-state index contributed by atoms with van der Waals surface area (Å²) >= 11 is 0. The highest BCUT2D eigenvalue weighted by Gasteiger charge is 2.06. The Hall–Kier alpha value is -2.30. The fourth-order valence-corrected chi connectivity index (χ4v) is 1.92. The maximum absolute atomic E-state index is 12.2. The van der Waals surface area contributed by atoms with Gasteiger partial charge in [0.1, 0.15) is 5.75 Å². The van der Waals surface area contributed by atoms with Crippen molar-refractivity contribution in [3.05, 3.63) is 52.6 Å². The number of nitrogens with zero attached hydrogens (tertiary/aromatic N) is 2. The standard InChI is InChI=1S/C15H19N3O2/c1-11(2)18-8-7-16-14(15(18)19)17-10-12-5-4-6-13(9-12)20-3/h4-9,11H,10H2,1-3H3,(H,16,17). The molecule has 0 amide bonds. The van der Waals surface area contributed by atoms with Crippen LogP contribution in [0.4, 0.5) is 5.82 Å². The summed E-state index contributed by atoms with van der Waals surface area (Å²) in [5, 5.41) is 3.08. The molecule has 0 aliphatic rings. The number of hydrogen-bond donors (Lipinski definition) is 1. The van der Waals surface area contributed by atoms with Crippen molar-refractivity contribution in [2.75, 3.05) is 12.4 Å². The van der Waals surface area contributed by atoms with Gasteiger partial charge in [-0.1, -0.05) is 12.1 Å². The Balaban J connectivity index is 2.15. The number of rotatable bonds is 5. The van der Waals surface area contributed by atoms with Crippen molar-refractivity contribution in [3.8, 4) is 5.75 Å². The van der Waals surface area contributed by atoms with E-state index < -0.39 is 0 Å². The number of ether oxygens (including phenoxy) is 1. The molecule has 1 N–H and O–H groups in total. The largest absolute Gasteiger partial charge is 0.497 e. The van der Waals surface area contributed by atoms with Crippen molar-refractivity contribution < 1.29 is 4.74 Å². The molecule has 2 rings (SSSR count). The maximum Gasteiger partial charge on any atom is 0.293 e. The van der Waals surface area contributed by atoms with E-state index in [1.54, 1.807) is 24.1 Å². The van der Waals surface area contributed by atoms with E-state index in [2.05, 4.69) is 10.3 Å². The molecule has 5 nitrogen and oxygen atoms in total. The molecule has 1 heterocycles. The summed E-state index contributed by atoms with van der Waals surface area (Å²) < 4.78 is 6.83. The summed E-state index contributed by atoms with van der Waals surface area (Å²) in [4.78, 5) is 16.3. The van der Waals surface area contributed by atoms with Crippen molar-refractivity contribution in [1.29, 1.82) is 0 Å². The van der Waals surface area contributed by atoms with Crippen LogP contribution in [0.1, 0.15) is 25.5 Å². The van der Waals surface area contributed by atoms with Crippen molar-refractivity contribution >= 4 is 5.82 Å². The first kappa shape index (κ1) is 14.1. The van der Waals surface area contributed by atoms with E-state index in [9.17, 15) is 4.79 Å². The second-order valence-electron chi connectivity index (χ2n) is 4.79. The summed E-state index contributed by atoms with van der Waals surface area (Å²) in [6.07, 6.45) is 3.33. The maximum atomic E-state index is 12.2. The van der Waals surface area contributed by atoms with Gasteiger partial charge >= 0.3 is 0 Å². The summed E-state index contributed by atoms with van der Waals surface area (Å²) in [6.45, 7) is 4.46. The van der Waals surface area contributed by atoms with Gasteiger partial charge in [0.05, 0.1) is 7.11 Å². The van der Waals surface area contributed by atoms with Crippen molar-refractivity contribution in [3.63, 3.8) is 0 Å². The van der Waals surface area contributed by atoms with Crippen LogP contribution in [-0.2, 0) is 6.54 Å². The molecule has 106 valence electrons. The summed E-state index contributed by atoms with van der Waals surface area (Å²) in [7, 11) is 1.63. The Morgan fingerprint density at radius 3 is 2.90 bits per heavy atom. The number of nitrogens with one attached hydrogen (secondary N) is 1. The highest BCUT2D eigenvalue weighted by molar-refractivity contribution is 5.35. The fourth-order valence-electron chi connectivity index (χ4n) is 1.92. The van der Waals surface area contributed by atoms with Crippen LogP contribution in [0.3, 0.4) is 0 Å². The van der Waals surface area contributed by atoms with Crippen LogP contribution in [0.2, 0.25) is 0 Å². The molecule has 1 aromatic carbocycles. The zero-order valence-electron chi connectivity index (χ0n) is 12.0. The minimum absolute atomic E-state index is 0.106. The summed E-state index contributed by atoms with van der Waals surface area (Å²) in [6, 6.07) is 7.82. The molecule has 0 radical (unpaired) electrons. The third-order valence-corrected chi connectivity index (χ3v) is 3.02. The topological polar surface area (TPSA) is 56.1 Å². The molecule has 0 unspecified atom stereocenters. The molecular formula is C15H19N3O2. The molecule has 0 aliphatic heterocycles. The minimum Gasteiger partial charge on any atom is -0.497 e. The molecule has 0 aliphatic carbocycles. The van der Waals surface area contributed by atoms with E-state index in [4.69, 9.17) is 4.74 Å². The highest BCUT2D eigenvalue weighted by atomic mass is 16.5. The molecule has 0 bridgehead atoms. The van der Waals surface area contributed by atoms with Crippen LogP contribution in [0, 0.1) is 0 Å². The SMILES string of the molecule is COc1cccc(CNc2nccn(C(C)C)c2=O)c1. The average Bonchev–Trinajstić information content (AvgIpc) is 2.46. The number of methoxy groups -OCH3 is 1.